The quantitative estimate of drug-likeness (QED) is 0.199. The lowest BCUT2D eigenvalue weighted by Gasteiger charge is -2.11. The molecule has 0 aliphatic heterocycles. The Morgan fingerprint density at radius 2 is 1.15 bits per heavy atom. The first-order chi connectivity index (χ1) is 19.2. The minimum atomic E-state index is -0.253. The predicted octanol–water partition coefficient (Wildman–Crippen LogP) is 7.48. The summed E-state index contributed by atoms with van der Waals surface area (Å²) in [5.41, 5.74) is 4.20. The molecule has 0 unspecified atom stereocenters. The normalized spacial score (nSPS) is 10.5. The number of nitrogens with one attached hydrogen (secondary N) is 1. The lowest BCUT2D eigenvalue weighted by atomic mass is 10.2. The van der Waals surface area contributed by atoms with Gasteiger partial charge in [0.25, 0.3) is 5.91 Å². The molecule has 5 heteroatoms. The van der Waals surface area contributed by atoms with Gasteiger partial charge in [-0.3, -0.25) is 4.79 Å². The molecular formula is C34H28NO4. The van der Waals surface area contributed by atoms with Crippen molar-refractivity contribution in [2.75, 3.05) is 5.32 Å². The number of carbonyl (C=O) groups excluding carboxylic acids is 1. The van der Waals surface area contributed by atoms with Gasteiger partial charge in [-0.15, -0.1) is 0 Å². The van der Waals surface area contributed by atoms with Gasteiger partial charge in [-0.2, -0.15) is 0 Å². The van der Waals surface area contributed by atoms with Crippen molar-refractivity contribution in [3.05, 3.63) is 156 Å². The Labute approximate surface area is 228 Å². The molecule has 0 heterocycles. The number of anilines is 1. The van der Waals surface area contributed by atoms with E-state index in [4.69, 9.17) is 14.2 Å². The number of ether oxygens (including phenoxy) is 3. The molecule has 5 rings (SSSR count). The smallest absolute Gasteiger partial charge is 0.255 e. The molecule has 1 radical (unpaired) electrons. The van der Waals surface area contributed by atoms with Crippen molar-refractivity contribution in [3.8, 4) is 17.2 Å². The van der Waals surface area contributed by atoms with Gasteiger partial charge < -0.3 is 19.5 Å². The largest absolute Gasteiger partial charge is 0.489 e. The second-order valence-corrected chi connectivity index (χ2v) is 8.89. The van der Waals surface area contributed by atoms with Gasteiger partial charge in [-0.05, 0) is 59.2 Å². The summed E-state index contributed by atoms with van der Waals surface area (Å²) < 4.78 is 17.6. The average molecular weight is 515 g/mol. The van der Waals surface area contributed by atoms with Crippen LogP contribution >= 0.6 is 0 Å². The predicted molar refractivity (Wildman–Crippen MR) is 152 cm³/mol. The summed E-state index contributed by atoms with van der Waals surface area (Å²) >= 11 is 0. The zero-order chi connectivity index (χ0) is 26.7. The van der Waals surface area contributed by atoms with Crippen molar-refractivity contribution < 1.29 is 19.0 Å². The van der Waals surface area contributed by atoms with Crippen LogP contribution in [-0.2, 0) is 19.8 Å². The first-order valence-corrected chi connectivity index (χ1v) is 12.7. The fourth-order valence-electron chi connectivity index (χ4n) is 3.85. The van der Waals surface area contributed by atoms with Gasteiger partial charge in [0.2, 0.25) is 0 Å². The summed E-state index contributed by atoms with van der Waals surface area (Å²) in [6, 6.07) is 43.4. The van der Waals surface area contributed by atoms with Crippen LogP contribution in [0, 0.1) is 6.07 Å². The number of benzene rings is 5. The van der Waals surface area contributed by atoms with Crippen molar-refractivity contribution in [3.63, 3.8) is 0 Å². The van der Waals surface area contributed by atoms with Gasteiger partial charge >= 0.3 is 0 Å². The Morgan fingerprint density at radius 3 is 1.85 bits per heavy atom. The van der Waals surface area contributed by atoms with Crippen LogP contribution in [0.4, 0.5) is 5.69 Å². The fraction of sp³-hybridized carbons (Fsp3) is 0.0882. The highest BCUT2D eigenvalue weighted by molar-refractivity contribution is 6.04. The molecule has 0 saturated heterocycles. The first-order valence-electron chi connectivity index (χ1n) is 12.7. The van der Waals surface area contributed by atoms with Crippen LogP contribution in [-0.4, -0.2) is 5.91 Å². The maximum atomic E-state index is 12.9. The molecule has 1 amide bonds. The third-order valence-electron chi connectivity index (χ3n) is 5.93. The highest BCUT2D eigenvalue weighted by atomic mass is 16.5. The minimum Gasteiger partial charge on any atom is -0.489 e. The Kier molecular flexibility index (Phi) is 8.52. The first kappa shape index (κ1) is 25.6. The van der Waals surface area contributed by atoms with Crippen LogP contribution < -0.4 is 19.5 Å². The maximum Gasteiger partial charge on any atom is 0.255 e. The molecule has 5 aromatic carbocycles. The molecular weight excluding hydrogens is 486 g/mol. The molecule has 0 fully saturated rings. The van der Waals surface area contributed by atoms with Crippen LogP contribution in [0.2, 0.25) is 0 Å². The highest BCUT2D eigenvalue weighted by Crippen LogP contribution is 2.21. The Bertz CT molecular complexity index is 1490. The molecule has 0 aliphatic rings. The summed E-state index contributed by atoms with van der Waals surface area (Å²) in [6.45, 7) is 1.32. The number of hydrogen-bond acceptors (Lipinski definition) is 4. The van der Waals surface area contributed by atoms with Gasteiger partial charge in [0.05, 0.1) is 11.8 Å². The van der Waals surface area contributed by atoms with Crippen molar-refractivity contribution in [1.82, 2.24) is 0 Å². The van der Waals surface area contributed by atoms with E-state index in [0.29, 0.717) is 42.6 Å². The number of hydrogen-bond donors (Lipinski definition) is 1. The van der Waals surface area contributed by atoms with E-state index in [1.807, 2.05) is 103 Å². The van der Waals surface area contributed by atoms with E-state index in [1.165, 1.54) is 0 Å². The Balaban J connectivity index is 1.13. The van der Waals surface area contributed by atoms with E-state index < -0.39 is 0 Å². The zero-order valence-corrected chi connectivity index (χ0v) is 21.4. The molecule has 5 aromatic rings. The van der Waals surface area contributed by atoms with E-state index in [1.54, 1.807) is 24.3 Å². The lowest BCUT2D eigenvalue weighted by Crippen LogP contribution is -2.12. The van der Waals surface area contributed by atoms with Crippen LogP contribution in [0.25, 0.3) is 0 Å². The molecule has 5 nitrogen and oxygen atoms in total. The monoisotopic (exact) mass is 514 g/mol. The van der Waals surface area contributed by atoms with Gasteiger partial charge in [-0.1, -0.05) is 84.9 Å². The van der Waals surface area contributed by atoms with Gasteiger partial charge in [-0.25, -0.2) is 0 Å². The second kappa shape index (κ2) is 13.0. The summed E-state index contributed by atoms with van der Waals surface area (Å²) in [4.78, 5) is 12.9. The van der Waals surface area contributed by atoms with E-state index >= 15 is 0 Å². The molecule has 1 N–H and O–H groups in total. The standard InChI is InChI=1S/C34H28NO4/c36-34(35-30-14-8-16-33(22-30)39-24-27-11-5-2-6-12-27)29-13-7-15-32(21-29)38-25-28-17-19-31(20-18-28)37-23-26-9-3-1-4-10-26/h1-21H,23-25H2,(H,35,36). The van der Waals surface area contributed by atoms with Crippen LogP contribution in [0.1, 0.15) is 27.0 Å². The summed E-state index contributed by atoms with van der Waals surface area (Å²) in [6.07, 6.45) is 0. The van der Waals surface area contributed by atoms with E-state index in [2.05, 4.69) is 11.4 Å². The van der Waals surface area contributed by atoms with E-state index in [9.17, 15) is 4.79 Å². The number of rotatable bonds is 11. The molecule has 0 atom stereocenters. The third kappa shape index (κ3) is 7.73. The molecule has 0 spiro atoms. The lowest BCUT2D eigenvalue weighted by molar-refractivity contribution is 0.102. The number of carbonyl (C=O) groups is 1. The van der Waals surface area contributed by atoms with Crippen molar-refractivity contribution in [2.24, 2.45) is 0 Å². The second-order valence-electron chi connectivity index (χ2n) is 8.89. The Morgan fingerprint density at radius 1 is 0.564 bits per heavy atom. The van der Waals surface area contributed by atoms with E-state index in [0.717, 1.165) is 22.4 Å². The van der Waals surface area contributed by atoms with Crippen LogP contribution in [0.5, 0.6) is 17.2 Å². The third-order valence-corrected chi connectivity index (χ3v) is 5.93. The van der Waals surface area contributed by atoms with Crippen molar-refractivity contribution in [1.29, 1.82) is 0 Å². The zero-order valence-electron chi connectivity index (χ0n) is 21.4. The van der Waals surface area contributed by atoms with Crippen molar-refractivity contribution in [2.45, 2.75) is 19.8 Å². The van der Waals surface area contributed by atoms with Gasteiger partial charge in [0.15, 0.2) is 0 Å². The summed E-state index contributed by atoms with van der Waals surface area (Å²) in [7, 11) is 0. The molecule has 0 aromatic heterocycles. The molecule has 0 saturated carbocycles. The maximum absolute atomic E-state index is 12.9. The SMILES string of the molecule is O=C(Nc1[c]c(OCc2ccccc2)ccc1)c1cccc(OCc2ccc(OCc3ccccc3)cc2)c1. The molecule has 193 valence electrons. The minimum absolute atomic E-state index is 0.253. The average Bonchev–Trinajstić information content (AvgIpc) is 3.00. The summed E-state index contributed by atoms with van der Waals surface area (Å²) in [5, 5.41) is 2.88. The van der Waals surface area contributed by atoms with Gasteiger partial charge in [0, 0.05) is 5.56 Å². The van der Waals surface area contributed by atoms with E-state index in [-0.39, 0.29) is 5.91 Å². The van der Waals surface area contributed by atoms with Crippen LogP contribution in [0.15, 0.2) is 127 Å². The Hall–Kier alpha value is -5.03. The van der Waals surface area contributed by atoms with Crippen molar-refractivity contribution >= 4 is 11.6 Å². The molecule has 39 heavy (non-hydrogen) atoms. The summed E-state index contributed by atoms with van der Waals surface area (Å²) in [5.74, 6) is 1.71. The van der Waals surface area contributed by atoms with Crippen LogP contribution in [0.3, 0.4) is 0 Å². The molecule has 0 aliphatic carbocycles. The fourth-order valence-corrected chi connectivity index (χ4v) is 3.85. The van der Waals surface area contributed by atoms with Gasteiger partial charge in [0.1, 0.15) is 37.1 Å². The highest BCUT2D eigenvalue weighted by Gasteiger charge is 2.09. The number of amides is 1. The topological polar surface area (TPSA) is 56.8 Å². The molecule has 0 bridgehead atoms.